The minimum absolute atomic E-state index is 0.230. The van der Waals surface area contributed by atoms with Crippen LogP contribution in [0.2, 0.25) is 0 Å². The third-order valence-corrected chi connectivity index (χ3v) is 3.21. The summed E-state index contributed by atoms with van der Waals surface area (Å²) in [7, 11) is 0. The lowest BCUT2D eigenvalue weighted by atomic mass is 10.2. The lowest BCUT2D eigenvalue weighted by Gasteiger charge is -2.12. The standard InChI is InChI=1S/C15H16N4O4/c1-7-8(2)18-12-6-10(4-5-11(12)17-7)14(21)23-9(3)13(20)19-15(16)22/h4-6,9H,1-3H3,(H3,16,19,20,22). The molecular weight excluding hydrogens is 300 g/mol. The molecule has 1 atom stereocenters. The van der Waals surface area contributed by atoms with E-state index in [4.69, 9.17) is 10.5 Å². The maximum atomic E-state index is 12.1. The van der Waals surface area contributed by atoms with E-state index in [9.17, 15) is 14.4 Å². The number of ether oxygens (including phenoxy) is 1. The smallest absolute Gasteiger partial charge is 0.338 e. The van der Waals surface area contributed by atoms with Crippen LogP contribution in [0.1, 0.15) is 28.7 Å². The summed E-state index contributed by atoms with van der Waals surface area (Å²) in [5, 5.41) is 1.84. The molecule has 0 saturated heterocycles. The first-order valence-electron chi connectivity index (χ1n) is 6.84. The Kier molecular flexibility index (Phi) is 4.54. The molecule has 1 heterocycles. The normalized spacial score (nSPS) is 11.8. The van der Waals surface area contributed by atoms with Gasteiger partial charge in [-0.05, 0) is 39.0 Å². The number of amides is 3. The molecule has 120 valence electrons. The zero-order chi connectivity index (χ0) is 17.1. The van der Waals surface area contributed by atoms with Gasteiger partial charge in [-0.25, -0.2) is 19.6 Å². The fourth-order valence-corrected chi connectivity index (χ4v) is 1.86. The highest BCUT2D eigenvalue weighted by Gasteiger charge is 2.20. The number of aromatic nitrogens is 2. The van der Waals surface area contributed by atoms with Gasteiger partial charge < -0.3 is 10.5 Å². The average molecular weight is 316 g/mol. The van der Waals surface area contributed by atoms with Gasteiger partial charge in [0.15, 0.2) is 6.10 Å². The molecule has 0 aliphatic heterocycles. The number of primary amides is 1. The molecule has 8 heteroatoms. The molecule has 0 saturated carbocycles. The number of nitrogens with two attached hydrogens (primary N) is 1. The van der Waals surface area contributed by atoms with E-state index in [0.717, 1.165) is 11.4 Å². The number of hydrogen-bond acceptors (Lipinski definition) is 6. The Morgan fingerprint density at radius 2 is 1.74 bits per heavy atom. The number of nitrogens with one attached hydrogen (secondary N) is 1. The number of fused-ring (bicyclic) bond motifs is 1. The highest BCUT2D eigenvalue weighted by Crippen LogP contribution is 2.15. The van der Waals surface area contributed by atoms with Crippen LogP contribution in [-0.2, 0) is 9.53 Å². The van der Waals surface area contributed by atoms with E-state index in [1.165, 1.54) is 19.1 Å². The monoisotopic (exact) mass is 316 g/mol. The maximum absolute atomic E-state index is 12.1. The molecule has 0 aliphatic carbocycles. The van der Waals surface area contributed by atoms with E-state index in [-0.39, 0.29) is 5.56 Å². The highest BCUT2D eigenvalue weighted by molar-refractivity contribution is 5.98. The molecule has 0 fully saturated rings. The summed E-state index contributed by atoms with van der Waals surface area (Å²) in [5.74, 6) is -1.50. The summed E-state index contributed by atoms with van der Waals surface area (Å²) in [6, 6.07) is 3.71. The molecule has 1 aromatic carbocycles. The van der Waals surface area contributed by atoms with E-state index in [0.29, 0.717) is 11.0 Å². The largest absolute Gasteiger partial charge is 0.449 e. The van der Waals surface area contributed by atoms with Crippen molar-refractivity contribution in [2.75, 3.05) is 0 Å². The Morgan fingerprint density at radius 3 is 2.35 bits per heavy atom. The van der Waals surface area contributed by atoms with Crippen LogP contribution in [0.5, 0.6) is 0 Å². The predicted octanol–water partition coefficient (Wildman–Crippen LogP) is 0.987. The number of rotatable bonds is 3. The molecular formula is C15H16N4O4. The van der Waals surface area contributed by atoms with Crippen molar-refractivity contribution in [3.8, 4) is 0 Å². The lowest BCUT2D eigenvalue weighted by molar-refractivity contribution is -0.127. The van der Waals surface area contributed by atoms with Gasteiger partial charge in [0.1, 0.15) is 0 Å². The van der Waals surface area contributed by atoms with Crippen molar-refractivity contribution in [1.82, 2.24) is 15.3 Å². The molecule has 0 aliphatic rings. The second-order valence-electron chi connectivity index (χ2n) is 5.00. The van der Waals surface area contributed by atoms with Gasteiger partial charge in [-0.2, -0.15) is 0 Å². The van der Waals surface area contributed by atoms with E-state index >= 15 is 0 Å². The Morgan fingerprint density at radius 1 is 1.13 bits per heavy atom. The van der Waals surface area contributed by atoms with Crippen molar-refractivity contribution >= 4 is 28.9 Å². The number of nitrogens with zero attached hydrogens (tertiary/aromatic N) is 2. The number of benzene rings is 1. The summed E-state index contributed by atoms with van der Waals surface area (Å²) < 4.78 is 5.00. The van der Waals surface area contributed by atoms with Crippen molar-refractivity contribution in [2.45, 2.75) is 26.9 Å². The Hall–Kier alpha value is -3.03. The number of aryl methyl sites for hydroxylation is 2. The van der Waals surface area contributed by atoms with Crippen LogP contribution in [0.15, 0.2) is 18.2 Å². The van der Waals surface area contributed by atoms with Crippen LogP contribution in [-0.4, -0.2) is 34.0 Å². The van der Waals surface area contributed by atoms with Crippen molar-refractivity contribution in [3.05, 3.63) is 35.2 Å². The highest BCUT2D eigenvalue weighted by atomic mass is 16.5. The number of carbonyl (C=O) groups is 3. The van der Waals surface area contributed by atoms with Crippen LogP contribution in [0.4, 0.5) is 4.79 Å². The number of carbonyl (C=O) groups excluding carboxylic acids is 3. The molecule has 3 amide bonds. The molecule has 2 aromatic rings. The topological polar surface area (TPSA) is 124 Å². The van der Waals surface area contributed by atoms with Crippen LogP contribution < -0.4 is 11.1 Å². The van der Waals surface area contributed by atoms with Gasteiger partial charge in [-0.1, -0.05) is 0 Å². The van der Waals surface area contributed by atoms with Crippen LogP contribution in [0, 0.1) is 13.8 Å². The first-order chi connectivity index (χ1) is 10.8. The minimum atomic E-state index is -1.16. The lowest BCUT2D eigenvalue weighted by Crippen LogP contribution is -2.42. The molecule has 0 bridgehead atoms. The third kappa shape index (κ3) is 3.79. The zero-order valence-corrected chi connectivity index (χ0v) is 12.9. The molecule has 2 rings (SSSR count). The fourth-order valence-electron chi connectivity index (χ4n) is 1.86. The van der Waals surface area contributed by atoms with Gasteiger partial charge >= 0.3 is 12.0 Å². The second kappa shape index (κ2) is 6.39. The summed E-state index contributed by atoms with van der Waals surface area (Å²) in [6.07, 6.45) is -1.16. The van der Waals surface area contributed by atoms with Gasteiger partial charge in [0.25, 0.3) is 5.91 Å². The van der Waals surface area contributed by atoms with Gasteiger partial charge in [-0.3, -0.25) is 10.1 Å². The summed E-state index contributed by atoms with van der Waals surface area (Å²) in [4.78, 5) is 42.9. The van der Waals surface area contributed by atoms with Crippen LogP contribution in [0.25, 0.3) is 11.0 Å². The van der Waals surface area contributed by atoms with Crippen molar-refractivity contribution < 1.29 is 19.1 Å². The molecule has 3 N–H and O–H groups in total. The Labute approximate surface area is 132 Å². The van der Waals surface area contributed by atoms with E-state index < -0.39 is 24.0 Å². The summed E-state index contributed by atoms with van der Waals surface area (Å²) in [6.45, 7) is 5.01. The minimum Gasteiger partial charge on any atom is -0.449 e. The van der Waals surface area contributed by atoms with E-state index in [1.807, 2.05) is 19.2 Å². The SMILES string of the molecule is Cc1nc2ccc(C(=O)OC(C)C(=O)NC(N)=O)cc2nc1C. The Bertz CT molecular complexity index is 803. The Balaban J connectivity index is 2.19. The van der Waals surface area contributed by atoms with E-state index in [1.54, 1.807) is 6.07 Å². The molecule has 0 spiro atoms. The number of urea groups is 1. The zero-order valence-electron chi connectivity index (χ0n) is 12.9. The molecule has 23 heavy (non-hydrogen) atoms. The van der Waals surface area contributed by atoms with Gasteiger partial charge in [0, 0.05) is 0 Å². The van der Waals surface area contributed by atoms with Crippen LogP contribution in [0.3, 0.4) is 0 Å². The molecule has 8 nitrogen and oxygen atoms in total. The number of imide groups is 1. The maximum Gasteiger partial charge on any atom is 0.338 e. The second-order valence-corrected chi connectivity index (χ2v) is 5.00. The first kappa shape index (κ1) is 16.3. The van der Waals surface area contributed by atoms with Gasteiger partial charge in [0.2, 0.25) is 0 Å². The van der Waals surface area contributed by atoms with Crippen molar-refractivity contribution in [2.24, 2.45) is 5.73 Å². The molecule has 0 radical (unpaired) electrons. The van der Waals surface area contributed by atoms with Crippen molar-refractivity contribution in [1.29, 1.82) is 0 Å². The predicted molar refractivity (Wildman–Crippen MR) is 81.6 cm³/mol. The summed E-state index contributed by atoms with van der Waals surface area (Å²) >= 11 is 0. The molecule has 1 aromatic heterocycles. The first-order valence-corrected chi connectivity index (χ1v) is 6.84. The number of hydrogen-bond donors (Lipinski definition) is 2. The fraction of sp³-hybridized carbons (Fsp3) is 0.267. The van der Waals surface area contributed by atoms with E-state index in [2.05, 4.69) is 9.97 Å². The number of esters is 1. The van der Waals surface area contributed by atoms with Crippen LogP contribution >= 0.6 is 0 Å². The van der Waals surface area contributed by atoms with Gasteiger partial charge in [0.05, 0.1) is 28.0 Å². The summed E-state index contributed by atoms with van der Waals surface area (Å²) in [5.41, 5.74) is 7.85. The third-order valence-electron chi connectivity index (χ3n) is 3.21. The molecule has 1 unspecified atom stereocenters. The quantitative estimate of drug-likeness (QED) is 0.813. The average Bonchev–Trinajstić information content (AvgIpc) is 2.47. The van der Waals surface area contributed by atoms with Crippen molar-refractivity contribution in [3.63, 3.8) is 0 Å². The van der Waals surface area contributed by atoms with Gasteiger partial charge in [-0.15, -0.1) is 0 Å².